The molecule has 7 aromatic carbocycles. The third-order valence-corrected chi connectivity index (χ3v) is 8.60. The molecule has 0 fully saturated rings. The zero-order chi connectivity index (χ0) is 32.1. The number of aromatic nitrogens is 3. The molecule has 0 aliphatic heterocycles. The molecule has 0 aliphatic rings. The lowest BCUT2D eigenvalue weighted by molar-refractivity contribution is 1.07. The molecular formula is C45H31N3. The molecule has 0 radical (unpaired) electrons. The number of nitrogens with zero attached hydrogens (tertiary/aromatic N) is 3. The van der Waals surface area contributed by atoms with Crippen molar-refractivity contribution in [3.63, 3.8) is 0 Å². The molecule has 1 heterocycles. The van der Waals surface area contributed by atoms with Gasteiger partial charge in [0.2, 0.25) is 0 Å². The van der Waals surface area contributed by atoms with Gasteiger partial charge in [-0.1, -0.05) is 188 Å². The van der Waals surface area contributed by atoms with Crippen molar-refractivity contribution < 1.29 is 0 Å². The summed E-state index contributed by atoms with van der Waals surface area (Å²) in [4.78, 5) is 15.2. The molecule has 0 spiro atoms. The molecule has 0 aliphatic carbocycles. The van der Waals surface area contributed by atoms with Gasteiger partial charge in [-0.2, -0.15) is 0 Å². The van der Waals surface area contributed by atoms with Gasteiger partial charge in [-0.3, -0.25) is 0 Å². The van der Waals surface area contributed by atoms with Crippen molar-refractivity contribution in [3.05, 3.63) is 188 Å². The summed E-state index contributed by atoms with van der Waals surface area (Å²) >= 11 is 0. The predicted octanol–water partition coefficient (Wildman–Crippen LogP) is 11.5. The summed E-state index contributed by atoms with van der Waals surface area (Å²) in [5.41, 5.74) is 12.0. The van der Waals surface area contributed by atoms with E-state index in [9.17, 15) is 0 Å². The second-order valence-corrected chi connectivity index (χ2v) is 11.6. The molecule has 0 bridgehead atoms. The van der Waals surface area contributed by atoms with Crippen molar-refractivity contribution in [1.29, 1.82) is 0 Å². The first kappa shape index (κ1) is 29.0. The minimum Gasteiger partial charge on any atom is -0.208 e. The van der Waals surface area contributed by atoms with E-state index in [4.69, 9.17) is 15.0 Å². The molecular weight excluding hydrogens is 583 g/mol. The number of hydrogen-bond acceptors (Lipinski definition) is 3. The van der Waals surface area contributed by atoms with Crippen LogP contribution in [0.15, 0.2) is 188 Å². The van der Waals surface area contributed by atoms with Crippen LogP contribution in [0.25, 0.3) is 78.7 Å². The fourth-order valence-electron chi connectivity index (χ4n) is 6.24. The van der Waals surface area contributed by atoms with Crippen molar-refractivity contribution in [2.75, 3.05) is 0 Å². The Bertz CT molecular complexity index is 2310. The summed E-state index contributed by atoms with van der Waals surface area (Å²) in [7, 11) is 0. The summed E-state index contributed by atoms with van der Waals surface area (Å²) in [5, 5.41) is 0. The topological polar surface area (TPSA) is 38.7 Å². The van der Waals surface area contributed by atoms with Crippen LogP contribution in [0.1, 0.15) is 0 Å². The van der Waals surface area contributed by atoms with E-state index in [-0.39, 0.29) is 0 Å². The van der Waals surface area contributed by atoms with Gasteiger partial charge in [0.1, 0.15) is 0 Å². The summed E-state index contributed by atoms with van der Waals surface area (Å²) in [6.45, 7) is 0. The van der Waals surface area contributed by atoms with E-state index < -0.39 is 0 Å². The lowest BCUT2D eigenvalue weighted by atomic mass is 9.88. The Balaban J connectivity index is 1.28. The average Bonchev–Trinajstić information content (AvgIpc) is 3.19. The van der Waals surface area contributed by atoms with Crippen molar-refractivity contribution in [1.82, 2.24) is 15.0 Å². The van der Waals surface area contributed by atoms with Gasteiger partial charge in [-0.15, -0.1) is 0 Å². The lowest BCUT2D eigenvalue weighted by Gasteiger charge is -2.17. The highest BCUT2D eigenvalue weighted by molar-refractivity contribution is 5.95. The van der Waals surface area contributed by atoms with Crippen molar-refractivity contribution in [2.24, 2.45) is 0 Å². The minimum absolute atomic E-state index is 0.632. The second kappa shape index (κ2) is 13.1. The van der Waals surface area contributed by atoms with Crippen LogP contribution in [0.3, 0.4) is 0 Å². The fraction of sp³-hybridized carbons (Fsp3) is 0. The van der Waals surface area contributed by atoms with E-state index >= 15 is 0 Å². The maximum atomic E-state index is 5.13. The fourth-order valence-corrected chi connectivity index (χ4v) is 6.24. The molecule has 226 valence electrons. The van der Waals surface area contributed by atoms with E-state index in [0.717, 1.165) is 38.9 Å². The first-order valence-electron chi connectivity index (χ1n) is 16.1. The smallest absolute Gasteiger partial charge is 0.164 e. The maximum absolute atomic E-state index is 5.13. The van der Waals surface area contributed by atoms with Crippen LogP contribution in [0.4, 0.5) is 0 Å². The highest BCUT2D eigenvalue weighted by Crippen LogP contribution is 2.41. The van der Waals surface area contributed by atoms with Gasteiger partial charge in [0.05, 0.1) is 0 Å². The summed E-state index contributed by atoms with van der Waals surface area (Å²) < 4.78 is 0. The maximum Gasteiger partial charge on any atom is 0.164 e. The third kappa shape index (κ3) is 5.81. The minimum atomic E-state index is 0.632. The monoisotopic (exact) mass is 613 g/mol. The van der Waals surface area contributed by atoms with Gasteiger partial charge < -0.3 is 0 Å². The Morgan fingerprint density at radius 1 is 0.188 bits per heavy atom. The second-order valence-electron chi connectivity index (χ2n) is 11.6. The van der Waals surface area contributed by atoms with E-state index in [2.05, 4.69) is 152 Å². The Hall–Kier alpha value is -6.45. The third-order valence-electron chi connectivity index (χ3n) is 8.60. The standard InChI is InChI=1S/C45H31N3/c1-4-16-32(17-5-1)33-28-30-36(31-29-33)44-46-43(35-20-8-3-9-21-35)47-45(48-44)42-27-15-14-26-41(42)40-25-13-12-24-39(40)38-23-11-10-22-37(38)34-18-6-2-7-19-34/h1-31H. The zero-order valence-electron chi connectivity index (χ0n) is 26.2. The summed E-state index contributed by atoms with van der Waals surface area (Å²) in [5.74, 6) is 1.91. The van der Waals surface area contributed by atoms with Gasteiger partial charge in [-0.25, -0.2) is 15.0 Å². The molecule has 0 atom stereocenters. The van der Waals surface area contributed by atoms with E-state index in [1.54, 1.807) is 0 Å². The normalized spacial score (nSPS) is 10.9. The molecule has 8 aromatic rings. The molecule has 0 unspecified atom stereocenters. The van der Waals surface area contributed by atoms with Gasteiger partial charge in [0.25, 0.3) is 0 Å². The molecule has 0 saturated carbocycles. The van der Waals surface area contributed by atoms with E-state index in [0.29, 0.717) is 17.5 Å². The van der Waals surface area contributed by atoms with E-state index in [1.807, 2.05) is 36.4 Å². The van der Waals surface area contributed by atoms with Crippen LogP contribution < -0.4 is 0 Å². The molecule has 0 N–H and O–H groups in total. The SMILES string of the molecule is c1ccc(-c2ccc(-c3nc(-c4ccccc4)nc(-c4ccccc4-c4ccccc4-c4ccccc4-c4ccccc4)n3)cc2)cc1. The Labute approximate surface area is 280 Å². The largest absolute Gasteiger partial charge is 0.208 e. The molecule has 0 saturated heterocycles. The van der Waals surface area contributed by atoms with E-state index in [1.165, 1.54) is 22.3 Å². The number of rotatable bonds is 7. The summed E-state index contributed by atoms with van der Waals surface area (Å²) in [6, 6.07) is 65.2. The van der Waals surface area contributed by atoms with Crippen LogP contribution in [-0.4, -0.2) is 15.0 Å². The van der Waals surface area contributed by atoms with Crippen LogP contribution in [0.2, 0.25) is 0 Å². The van der Waals surface area contributed by atoms with Crippen LogP contribution in [0.5, 0.6) is 0 Å². The highest BCUT2D eigenvalue weighted by atomic mass is 15.0. The Morgan fingerprint density at radius 2 is 0.479 bits per heavy atom. The molecule has 48 heavy (non-hydrogen) atoms. The summed E-state index contributed by atoms with van der Waals surface area (Å²) in [6.07, 6.45) is 0. The van der Waals surface area contributed by atoms with Gasteiger partial charge in [0.15, 0.2) is 17.5 Å². The van der Waals surface area contributed by atoms with Gasteiger partial charge in [0, 0.05) is 16.7 Å². The average molecular weight is 614 g/mol. The quantitative estimate of drug-likeness (QED) is 0.179. The van der Waals surface area contributed by atoms with Crippen LogP contribution in [0, 0.1) is 0 Å². The molecule has 8 rings (SSSR count). The highest BCUT2D eigenvalue weighted by Gasteiger charge is 2.18. The van der Waals surface area contributed by atoms with Crippen molar-refractivity contribution in [3.8, 4) is 78.7 Å². The molecule has 3 heteroatoms. The molecule has 3 nitrogen and oxygen atoms in total. The predicted molar refractivity (Wildman–Crippen MR) is 198 cm³/mol. The lowest BCUT2D eigenvalue weighted by Crippen LogP contribution is -2.01. The van der Waals surface area contributed by atoms with Gasteiger partial charge in [-0.05, 0) is 44.5 Å². The van der Waals surface area contributed by atoms with Crippen molar-refractivity contribution >= 4 is 0 Å². The Kier molecular flexibility index (Phi) is 7.92. The van der Waals surface area contributed by atoms with Gasteiger partial charge >= 0.3 is 0 Å². The number of hydrogen-bond donors (Lipinski definition) is 0. The van der Waals surface area contributed by atoms with Crippen LogP contribution >= 0.6 is 0 Å². The molecule has 1 aromatic heterocycles. The molecule has 0 amide bonds. The first-order chi connectivity index (χ1) is 23.8. The zero-order valence-corrected chi connectivity index (χ0v) is 26.2. The van der Waals surface area contributed by atoms with Crippen molar-refractivity contribution in [2.45, 2.75) is 0 Å². The number of benzene rings is 7. The van der Waals surface area contributed by atoms with Crippen LogP contribution in [-0.2, 0) is 0 Å². The first-order valence-corrected chi connectivity index (χ1v) is 16.1. The Morgan fingerprint density at radius 3 is 1.00 bits per heavy atom.